The van der Waals surface area contributed by atoms with Gasteiger partial charge in [-0.3, -0.25) is 4.79 Å². The van der Waals surface area contributed by atoms with Crippen molar-refractivity contribution in [1.29, 1.82) is 0 Å². The maximum atomic E-state index is 12.8. The summed E-state index contributed by atoms with van der Waals surface area (Å²) in [6, 6.07) is 18.7. The van der Waals surface area contributed by atoms with Crippen LogP contribution >= 0.6 is 0 Å². The van der Waals surface area contributed by atoms with Crippen LogP contribution in [-0.4, -0.2) is 36.6 Å². The Kier molecular flexibility index (Phi) is 5.03. The van der Waals surface area contributed by atoms with Crippen LogP contribution in [0.15, 0.2) is 54.6 Å². The third kappa shape index (κ3) is 3.49. The van der Waals surface area contributed by atoms with Crippen LogP contribution in [-0.2, 0) is 11.2 Å². The number of hydrogen-bond acceptors (Lipinski definition) is 4. The van der Waals surface area contributed by atoms with E-state index in [1.54, 1.807) is 0 Å². The fourth-order valence-electron chi connectivity index (χ4n) is 4.64. The van der Waals surface area contributed by atoms with E-state index in [0.717, 1.165) is 35.4 Å². The highest BCUT2D eigenvalue weighted by atomic mass is 16.5. The Bertz CT molecular complexity index is 1080. The van der Waals surface area contributed by atoms with Crippen LogP contribution in [0, 0.1) is 0 Å². The molecule has 5 heteroatoms. The van der Waals surface area contributed by atoms with E-state index in [2.05, 4.69) is 30.0 Å². The first kappa shape index (κ1) is 18.9. The average Bonchev–Trinajstić information content (AvgIpc) is 3.22. The molecule has 2 aliphatic heterocycles. The second kappa shape index (κ2) is 7.98. The molecule has 1 atom stereocenters. The summed E-state index contributed by atoms with van der Waals surface area (Å²) in [6.07, 6.45) is 4.58. The summed E-state index contributed by atoms with van der Waals surface area (Å²) in [5, 5.41) is 1.03. The molecule has 5 nitrogen and oxygen atoms in total. The highest BCUT2D eigenvalue weighted by molar-refractivity contribution is 5.96. The molecule has 1 aromatic heterocycles. The molecule has 0 bridgehead atoms. The van der Waals surface area contributed by atoms with Crippen molar-refractivity contribution in [2.75, 3.05) is 29.5 Å². The zero-order valence-electron chi connectivity index (χ0n) is 17.4. The highest BCUT2D eigenvalue weighted by Crippen LogP contribution is 2.30. The lowest BCUT2D eigenvalue weighted by Gasteiger charge is -2.34. The molecule has 5 rings (SSSR count). The summed E-state index contributed by atoms with van der Waals surface area (Å²) in [7, 11) is 0. The van der Waals surface area contributed by atoms with Gasteiger partial charge in [0.25, 0.3) is 5.91 Å². The number of hydrogen-bond donors (Lipinski definition) is 0. The van der Waals surface area contributed by atoms with Crippen molar-refractivity contribution in [1.82, 2.24) is 4.98 Å². The first-order chi connectivity index (χ1) is 14.7. The maximum Gasteiger partial charge on any atom is 0.264 e. The van der Waals surface area contributed by atoms with Crippen LogP contribution in [0.1, 0.15) is 31.7 Å². The summed E-state index contributed by atoms with van der Waals surface area (Å²) in [4.78, 5) is 22.0. The molecule has 1 amide bonds. The average molecular weight is 402 g/mol. The number of benzene rings is 2. The minimum Gasteiger partial charge on any atom is -0.481 e. The summed E-state index contributed by atoms with van der Waals surface area (Å²) in [5.74, 6) is 1.64. The zero-order chi connectivity index (χ0) is 20.5. The maximum absolute atomic E-state index is 12.8. The minimum atomic E-state index is -0.0160. The van der Waals surface area contributed by atoms with Crippen molar-refractivity contribution >= 4 is 28.3 Å². The monoisotopic (exact) mass is 401 g/mol. The third-order valence-corrected chi connectivity index (χ3v) is 6.31. The molecule has 0 aliphatic carbocycles. The molecule has 1 fully saturated rings. The van der Waals surface area contributed by atoms with E-state index in [4.69, 9.17) is 9.72 Å². The Hall–Kier alpha value is -3.08. The predicted octanol–water partition coefficient (Wildman–Crippen LogP) is 4.58. The number of carbonyl (C=O) groups excluding carboxylic acids is 1. The number of rotatable bonds is 4. The van der Waals surface area contributed by atoms with Crippen molar-refractivity contribution in [3.63, 3.8) is 0 Å². The Morgan fingerprint density at radius 2 is 1.97 bits per heavy atom. The van der Waals surface area contributed by atoms with Crippen molar-refractivity contribution in [2.24, 2.45) is 0 Å². The molecule has 154 valence electrons. The molecule has 30 heavy (non-hydrogen) atoms. The number of aromatic nitrogens is 1. The van der Waals surface area contributed by atoms with Gasteiger partial charge in [0.15, 0.2) is 6.61 Å². The summed E-state index contributed by atoms with van der Waals surface area (Å²) >= 11 is 0. The second-order valence-electron chi connectivity index (χ2n) is 8.25. The SMILES string of the molecule is C[C@H]1CCCCN1c1ccc2cccc(OCC(=O)N3CCc4ccccc43)c2n1. The lowest BCUT2D eigenvalue weighted by molar-refractivity contribution is -0.120. The van der Waals surface area contributed by atoms with E-state index in [0.29, 0.717) is 18.3 Å². The van der Waals surface area contributed by atoms with Crippen molar-refractivity contribution in [3.05, 3.63) is 60.2 Å². The van der Waals surface area contributed by atoms with Gasteiger partial charge in [-0.05, 0) is 62.4 Å². The quantitative estimate of drug-likeness (QED) is 0.642. The number of piperidine rings is 1. The summed E-state index contributed by atoms with van der Waals surface area (Å²) in [6.45, 7) is 4.03. The number of anilines is 2. The zero-order valence-corrected chi connectivity index (χ0v) is 17.4. The molecule has 1 saturated heterocycles. The Labute approximate surface area is 177 Å². The number of nitrogens with zero attached hydrogens (tertiary/aromatic N) is 3. The number of carbonyl (C=O) groups is 1. The van der Waals surface area contributed by atoms with Crippen LogP contribution in [0.4, 0.5) is 11.5 Å². The minimum absolute atomic E-state index is 0.0134. The molecule has 0 saturated carbocycles. The predicted molar refractivity (Wildman–Crippen MR) is 120 cm³/mol. The number of para-hydroxylation sites is 2. The number of pyridine rings is 1. The highest BCUT2D eigenvalue weighted by Gasteiger charge is 2.25. The topological polar surface area (TPSA) is 45.7 Å². The molecule has 2 aliphatic rings. The van der Waals surface area contributed by atoms with E-state index in [-0.39, 0.29) is 12.5 Å². The van der Waals surface area contributed by atoms with Gasteiger partial charge in [0, 0.05) is 30.2 Å². The first-order valence-corrected chi connectivity index (χ1v) is 10.9. The number of fused-ring (bicyclic) bond motifs is 2. The van der Waals surface area contributed by atoms with Crippen LogP contribution in [0.3, 0.4) is 0 Å². The third-order valence-electron chi connectivity index (χ3n) is 6.31. The van der Waals surface area contributed by atoms with Crippen molar-refractivity contribution in [3.8, 4) is 5.75 Å². The fourth-order valence-corrected chi connectivity index (χ4v) is 4.64. The molecule has 3 aromatic rings. The lowest BCUT2D eigenvalue weighted by atomic mass is 10.0. The van der Waals surface area contributed by atoms with Crippen LogP contribution in [0.25, 0.3) is 10.9 Å². The van der Waals surface area contributed by atoms with Crippen LogP contribution in [0.2, 0.25) is 0 Å². The Morgan fingerprint density at radius 1 is 1.07 bits per heavy atom. The summed E-state index contributed by atoms with van der Waals surface area (Å²) in [5.41, 5.74) is 3.05. The number of amides is 1. The lowest BCUT2D eigenvalue weighted by Crippen LogP contribution is -2.37. The molecule has 0 spiro atoms. The van der Waals surface area contributed by atoms with Crippen molar-refractivity contribution in [2.45, 2.75) is 38.6 Å². The van der Waals surface area contributed by atoms with Gasteiger partial charge in [0.1, 0.15) is 17.1 Å². The number of ether oxygens (including phenoxy) is 1. The van der Waals surface area contributed by atoms with Gasteiger partial charge in [-0.25, -0.2) is 4.98 Å². The van der Waals surface area contributed by atoms with E-state index in [9.17, 15) is 4.79 Å². The van der Waals surface area contributed by atoms with Crippen molar-refractivity contribution < 1.29 is 9.53 Å². The molecule has 3 heterocycles. The van der Waals surface area contributed by atoms with E-state index >= 15 is 0 Å². The van der Waals surface area contributed by atoms with E-state index < -0.39 is 0 Å². The molecule has 0 radical (unpaired) electrons. The van der Waals surface area contributed by atoms with Crippen LogP contribution in [0.5, 0.6) is 5.75 Å². The van der Waals surface area contributed by atoms with Gasteiger partial charge >= 0.3 is 0 Å². The standard InChI is InChI=1S/C25H27N3O2/c1-18-7-4-5-15-27(18)23-13-12-20-9-6-11-22(25(20)26-23)30-17-24(29)28-16-14-19-8-2-3-10-21(19)28/h2-3,6,8-13,18H,4-5,7,14-17H2,1H3/t18-/m0/s1. The molecule has 2 aromatic carbocycles. The Morgan fingerprint density at radius 3 is 2.87 bits per heavy atom. The van der Waals surface area contributed by atoms with E-state index in [1.807, 2.05) is 41.3 Å². The van der Waals surface area contributed by atoms with Gasteiger partial charge in [0.2, 0.25) is 0 Å². The smallest absolute Gasteiger partial charge is 0.264 e. The normalized spacial score (nSPS) is 18.5. The van der Waals surface area contributed by atoms with Gasteiger partial charge < -0.3 is 14.5 Å². The first-order valence-electron chi connectivity index (χ1n) is 10.9. The summed E-state index contributed by atoms with van der Waals surface area (Å²) < 4.78 is 6.01. The van der Waals surface area contributed by atoms with E-state index in [1.165, 1.54) is 24.8 Å². The van der Waals surface area contributed by atoms with Gasteiger partial charge in [0.05, 0.1) is 0 Å². The Balaban J connectivity index is 1.36. The van der Waals surface area contributed by atoms with Crippen LogP contribution < -0.4 is 14.5 Å². The van der Waals surface area contributed by atoms with Gasteiger partial charge in [-0.15, -0.1) is 0 Å². The van der Waals surface area contributed by atoms with Gasteiger partial charge in [-0.2, -0.15) is 0 Å². The molecule has 0 unspecified atom stereocenters. The molecular formula is C25H27N3O2. The largest absolute Gasteiger partial charge is 0.481 e. The molecular weight excluding hydrogens is 374 g/mol. The fraction of sp³-hybridized carbons (Fsp3) is 0.360. The second-order valence-corrected chi connectivity index (χ2v) is 8.25. The van der Waals surface area contributed by atoms with Gasteiger partial charge in [-0.1, -0.05) is 30.3 Å². The molecule has 0 N–H and O–H groups in total.